The monoisotopic (exact) mass is 251 g/mol. The highest BCUT2D eigenvalue weighted by Gasteiger charge is 1.98. The molecule has 4 heteroatoms. The number of rotatable bonds is 6. The minimum atomic E-state index is 0.512. The van der Waals surface area contributed by atoms with Gasteiger partial charge in [0.2, 0.25) is 0 Å². The van der Waals surface area contributed by atoms with E-state index in [0.717, 1.165) is 24.3 Å². The van der Waals surface area contributed by atoms with E-state index in [1.54, 1.807) is 0 Å². The van der Waals surface area contributed by atoms with E-state index < -0.39 is 0 Å². The number of hydrogen-bond acceptors (Lipinski definition) is 3. The Morgan fingerprint density at radius 2 is 1.83 bits per heavy atom. The molecule has 0 bridgehead atoms. The van der Waals surface area contributed by atoms with Crippen molar-refractivity contribution in [3.05, 3.63) is 29.8 Å². The zero-order valence-corrected chi connectivity index (χ0v) is 11.6. The van der Waals surface area contributed by atoms with Crippen LogP contribution in [0.5, 0.6) is 5.75 Å². The highest BCUT2D eigenvalue weighted by Crippen LogP contribution is 2.12. The van der Waals surface area contributed by atoms with Crippen molar-refractivity contribution in [2.75, 3.05) is 19.7 Å². The van der Waals surface area contributed by atoms with Gasteiger partial charge >= 0.3 is 0 Å². The maximum Gasteiger partial charge on any atom is 0.125 e. The molecule has 0 aromatic heterocycles. The first-order valence-corrected chi connectivity index (χ1v) is 6.51. The summed E-state index contributed by atoms with van der Waals surface area (Å²) in [7, 11) is 0. The van der Waals surface area contributed by atoms with Gasteiger partial charge in [0.1, 0.15) is 11.6 Å². The SMILES string of the molecule is CC.CCCOc1ccc(C(N)=NCCN)cc1. The molecule has 0 saturated heterocycles. The minimum Gasteiger partial charge on any atom is -0.494 e. The third-order valence-electron chi connectivity index (χ3n) is 2.03. The Bertz CT molecular complexity index is 333. The number of ether oxygens (including phenoxy) is 1. The number of hydrogen-bond donors (Lipinski definition) is 2. The fraction of sp³-hybridized carbons (Fsp3) is 0.500. The normalized spacial score (nSPS) is 10.6. The van der Waals surface area contributed by atoms with E-state index in [2.05, 4.69) is 11.9 Å². The van der Waals surface area contributed by atoms with E-state index in [1.807, 2.05) is 38.1 Å². The number of amidine groups is 1. The summed E-state index contributed by atoms with van der Waals surface area (Å²) in [5.74, 6) is 1.38. The van der Waals surface area contributed by atoms with Crippen LogP contribution in [-0.4, -0.2) is 25.5 Å². The summed E-state index contributed by atoms with van der Waals surface area (Å²) in [5.41, 5.74) is 12.0. The van der Waals surface area contributed by atoms with Crippen molar-refractivity contribution >= 4 is 5.84 Å². The highest BCUT2D eigenvalue weighted by atomic mass is 16.5. The predicted octanol–water partition coefficient (Wildman–Crippen LogP) is 2.17. The number of nitrogens with zero attached hydrogens (tertiary/aromatic N) is 1. The summed E-state index contributed by atoms with van der Waals surface area (Å²) in [6, 6.07) is 7.60. The fourth-order valence-electron chi connectivity index (χ4n) is 1.22. The van der Waals surface area contributed by atoms with E-state index in [-0.39, 0.29) is 0 Å². The van der Waals surface area contributed by atoms with Crippen molar-refractivity contribution in [3.8, 4) is 5.75 Å². The Balaban J connectivity index is 0.00000137. The first-order valence-electron chi connectivity index (χ1n) is 6.51. The average Bonchev–Trinajstić information content (AvgIpc) is 2.45. The smallest absolute Gasteiger partial charge is 0.125 e. The average molecular weight is 251 g/mol. The quantitative estimate of drug-likeness (QED) is 0.601. The molecule has 1 aromatic rings. The lowest BCUT2D eigenvalue weighted by atomic mass is 10.2. The molecule has 18 heavy (non-hydrogen) atoms. The molecule has 0 fully saturated rings. The standard InChI is InChI=1S/C12H19N3O.C2H6/c1-2-9-16-11-5-3-10(4-6-11)12(14)15-8-7-13;1-2/h3-6H,2,7-9,13H2,1H3,(H2,14,15);1-2H3. The minimum absolute atomic E-state index is 0.512. The molecule has 4 N–H and O–H groups in total. The van der Waals surface area contributed by atoms with Crippen molar-refractivity contribution in [1.29, 1.82) is 0 Å². The Hall–Kier alpha value is -1.55. The van der Waals surface area contributed by atoms with Crippen LogP contribution in [0.2, 0.25) is 0 Å². The van der Waals surface area contributed by atoms with Crippen molar-refractivity contribution in [1.82, 2.24) is 0 Å². The van der Waals surface area contributed by atoms with Gasteiger partial charge in [-0.2, -0.15) is 0 Å². The molecule has 0 amide bonds. The predicted molar refractivity (Wildman–Crippen MR) is 78.2 cm³/mol. The summed E-state index contributed by atoms with van der Waals surface area (Å²) in [5, 5.41) is 0. The number of nitrogens with two attached hydrogens (primary N) is 2. The second-order valence-electron chi connectivity index (χ2n) is 3.43. The van der Waals surface area contributed by atoms with E-state index in [0.29, 0.717) is 18.9 Å². The number of benzene rings is 1. The Labute approximate surface area is 110 Å². The van der Waals surface area contributed by atoms with E-state index >= 15 is 0 Å². The maximum absolute atomic E-state index is 5.78. The Morgan fingerprint density at radius 1 is 1.22 bits per heavy atom. The lowest BCUT2D eigenvalue weighted by Crippen LogP contribution is -2.16. The Kier molecular flexibility index (Phi) is 9.68. The Morgan fingerprint density at radius 3 is 2.33 bits per heavy atom. The molecule has 0 heterocycles. The van der Waals surface area contributed by atoms with Gasteiger partial charge in [-0.1, -0.05) is 20.8 Å². The largest absolute Gasteiger partial charge is 0.494 e. The van der Waals surface area contributed by atoms with Crippen LogP contribution in [0.15, 0.2) is 29.3 Å². The van der Waals surface area contributed by atoms with Gasteiger partial charge in [-0.05, 0) is 30.7 Å². The van der Waals surface area contributed by atoms with Crippen molar-refractivity contribution in [3.63, 3.8) is 0 Å². The third-order valence-corrected chi connectivity index (χ3v) is 2.03. The molecular formula is C14H25N3O. The molecule has 0 atom stereocenters. The summed E-state index contributed by atoms with van der Waals surface area (Å²) < 4.78 is 5.47. The van der Waals surface area contributed by atoms with Gasteiger partial charge in [0.05, 0.1) is 13.2 Å². The zero-order chi connectivity index (χ0) is 13.8. The molecule has 0 saturated carbocycles. The first-order chi connectivity index (χ1) is 8.77. The topological polar surface area (TPSA) is 73.6 Å². The molecule has 1 rings (SSSR count). The molecule has 0 aliphatic heterocycles. The van der Waals surface area contributed by atoms with Crippen LogP contribution in [0.25, 0.3) is 0 Å². The molecule has 0 aliphatic rings. The maximum atomic E-state index is 5.78. The van der Waals surface area contributed by atoms with Gasteiger partial charge in [-0.3, -0.25) is 4.99 Å². The molecule has 4 nitrogen and oxygen atoms in total. The summed E-state index contributed by atoms with van der Waals surface area (Å²) >= 11 is 0. The van der Waals surface area contributed by atoms with Gasteiger partial charge in [0, 0.05) is 12.1 Å². The van der Waals surface area contributed by atoms with Crippen LogP contribution < -0.4 is 16.2 Å². The van der Waals surface area contributed by atoms with Gasteiger partial charge in [-0.25, -0.2) is 0 Å². The second-order valence-corrected chi connectivity index (χ2v) is 3.43. The van der Waals surface area contributed by atoms with Crippen LogP contribution in [0.4, 0.5) is 0 Å². The molecule has 102 valence electrons. The lowest BCUT2D eigenvalue weighted by Gasteiger charge is -2.05. The van der Waals surface area contributed by atoms with Gasteiger partial charge in [-0.15, -0.1) is 0 Å². The lowest BCUT2D eigenvalue weighted by molar-refractivity contribution is 0.317. The second kappa shape index (κ2) is 10.6. The van der Waals surface area contributed by atoms with Crippen molar-refractivity contribution in [2.45, 2.75) is 27.2 Å². The van der Waals surface area contributed by atoms with Gasteiger partial charge < -0.3 is 16.2 Å². The molecule has 0 unspecified atom stereocenters. The number of aliphatic imine (C=N–C) groups is 1. The molecule has 0 radical (unpaired) electrons. The van der Waals surface area contributed by atoms with Gasteiger partial charge in [0.25, 0.3) is 0 Å². The van der Waals surface area contributed by atoms with Crippen LogP contribution in [-0.2, 0) is 0 Å². The van der Waals surface area contributed by atoms with Crippen molar-refractivity contribution < 1.29 is 4.74 Å². The molecule has 0 spiro atoms. The third kappa shape index (κ3) is 6.25. The van der Waals surface area contributed by atoms with Crippen LogP contribution in [0, 0.1) is 0 Å². The highest BCUT2D eigenvalue weighted by molar-refractivity contribution is 5.97. The fourth-order valence-corrected chi connectivity index (χ4v) is 1.22. The zero-order valence-electron chi connectivity index (χ0n) is 11.6. The summed E-state index contributed by atoms with van der Waals surface area (Å²) in [6.07, 6.45) is 1.00. The van der Waals surface area contributed by atoms with Crippen LogP contribution in [0.3, 0.4) is 0 Å². The van der Waals surface area contributed by atoms with Crippen LogP contribution >= 0.6 is 0 Å². The van der Waals surface area contributed by atoms with E-state index in [9.17, 15) is 0 Å². The first kappa shape index (κ1) is 16.4. The van der Waals surface area contributed by atoms with Gasteiger partial charge in [0.15, 0.2) is 0 Å². The summed E-state index contributed by atoms with van der Waals surface area (Å²) in [6.45, 7) is 7.88. The van der Waals surface area contributed by atoms with E-state index in [1.165, 1.54) is 0 Å². The van der Waals surface area contributed by atoms with Crippen molar-refractivity contribution in [2.24, 2.45) is 16.5 Å². The van der Waals surface area contributed by atoms with Crippen LogP contribution in [0.1, 0.15) is 32.8 Å². The molecule has 1 aromatic carbocycles. The van der Waals surface area contributed by atoms with E-state index in [4.69, 9.17) is 16.2 Å². The molecular weight excluding hydrogens is 226 g/mol. The summed E-state index contributed by atoms with van der Waals surface area (Å²) in [4.78, 5) is 4.13. The molecule has 0 aliphatic carbocycles.